The molecule has 0 amide bonds. The van der Waals surface area contributed by atoms with E-state index in [4.69, 9.17) is 10.6 Å². The molecule has 0 aromatic carbocycles. The first kappa shape index (κ1) is 7.26. The molecule has 1 aliphatic rings. The monoisotopic (exact) mass is 149 g/mol. The molecule has 0 aromatic rings. The Balaban J connectivity index is 2.51. The van der Waals surface area contributed by atoms with E-state index in [1.54, 1.807) is 0 Å². The molecule has 0 aromatic heterocycles. The predicted octanol–water partition coefficient (Wildman–Crippen LogP) is 0.378. The lowest BCUT2D eigenvalue weighted by molar-refractivity contribution is 0.452. The Morgan fingerprint density at radius 2 is 2.33 bits per heavy atom. The molecule has 0 spiro atoms. The van der Waals surface area contributed by atoms with Crippen LogP contribution in [0.3, 0.4) is 0 Å². The highest BCUT2D eigenvalue weighted by molar-refractivity contribution is 7.58. The Bertz CT molecular complexity index is 148. The van der Waals surface area contributed by atoms with Crippen LogP contribution in [0.2, 0.25) is 0 Å². The first-order valence-corrected chi connectivity index (χ1v) is 5.19. The minimum Gasteiger partial charge on any atom is -0.344 e. The molecule has 3 nitrogen and oxygen atoms in total. The summed E-state index contributed by atoms with van der Waals surface area (Å²) >= 11 is 0. The van der Waals surface area contributed by atoms with Crippen molar-refractivity contribution in [1.82, 2.24) is 0 Å². The maximum absolute atomic E-state index is 10.9. The Morgan fingerprint density at radius 1 is 1.67 bits per heavy atom. The Morgan fingerprint density at radius 3 is 2.67 bits per heavy atom. The van der Waals surface area contributed by atoms with Crippen LogP contribution in [-0.4, -0.2) is 23.3 Å². The molecule has 3 N–H and O–H groups in total. The molecule has 9 heavy (non-hydrogen) atoms. The van der Waals surface area contributed by atoms with Crippen molar-refractivity contribution in [3.05, 3.63) is 0 Å². The smallest absolute Gasteiger partial charge is 0.202 e. The van der Waals surface area contributed by atoms with Crippen molar-refractivity contribution in [2.75, 3.05) is 12.3 Å². The van der Waals surface area contributed by atoms with Gasteiger partial charge in [0, 0.05) is 18.4 Å². The quantitative estimate of drug-likeness (QED) is 0.489. The van der Waals surface area contributed by atoms with Gasteiger partial charge in [-0.2, -0.15) is 0 Å². The fourth-order valence-corrected chi connectivity index (χ4v) is 2.92. The van der Waals surface area contributed by atoms with E-state index in [1.165, 1.54) is 0 Å². The number of nitrogens with two attached hydrogens (primary N) is 1. The summed E-state index contributed by atoms with van der Waals surface area (Å²) < 4.78 is 10.9. The molecular formula is C5H12NO2P. The predicted molar refractivity (Wildman–Crippen MR) is 36.8 cm³/mol. The van der Waals surface area contributed by atoms with Gasteiger partial charge in [0.05, 0.1) is 0 Å². The summed E-state index contributed by atoms with van der Waals surface area (Å²) in [6, 6.07) is -0.0328. The summed E-state index contributed by atoms with van der Waals surface area (Å²) in [5, 5.41) is 0. The molecule has 1 saturated heterocycles. The second-order valence-electron chi connectivity index (χ2n) is 2.65. The maximum Gasteiger partial charge on any atom is 0.202 e. The van der Waals surface area contributed by atoms with Crippen molar-refractivity contribution in [1.29, 1.82) is 0 Å². The van der Waals surface area contributed by atoms with Gasteiger partial charge in [-0.25, -0.2) is 0 Å². The third-order valence-electron chi connectivity index (χ3n) is 1.60. The summed E-state index contributed by atoms with van der Waals surface area (Å²) in [6.07, 6.45) is 2.52. The van der Waals surface area contributed by atoms with Crippen LogP contribution in [0.5, 0.6) is 0 Å². The fraction of sp³-hybridized carbons (Fsp3) is 1.00. The van der Waals surface area contributed by atoms with Gasteiger partial charge >= 0.3 is 0 Å². The highest BCUT2D eigenvalue weighted by Gasteiger charge is 2.26. The van der Waals surface area contributed by atoms with Crippen LogP contribution in [0.1, 0.15) is 12.8 Å². The standard InChI is InChI=1S/C5H12NO2P/c6-5-2-1-3-9(7,8)4-5/h5H,1-4,6H2,(H,7,8). The van der Waals surface area contributed by atoms with Gasteiger partial charge < -0.3 is 10.6 Å². The van der Waals surface area contributed by atoms with E-state index >= 15 is 0 Å². The van der Waals surface area contributed by atoms with Gasteiger partial charge in [-0.15, -0.1) is 0 Å². The van der Waals surface area contributed by atoms with Crippen LogP contribution < -0.4 is 5.73 Å². The van der Waals surface area contributed by atoms with Gasteiger partial charge in [0.1, 0.15) is 0 Å². The zero-order valence-electron chi connectivity index (χ0n) is 5.29. The zero-order valence-corrected chi connectivity index (χ0v) is 6.18. The highest BCUT2D eigenvalue weighted by atomic mass is 31.2. The van der Waals surface area contributed by atoms with Crippen LogP contribution in [0.15, 0.2) is 0 Å². The van der Waals surface area contributed by atoms with Crippen molar-refractivity contribution < 1.29 is 9.46 Å². The SMILES string of the molecule is NC1CCCP(=O)(O)C1. The first-order chi connectivity index (χ1) is 4.10. The van der Waals surface area contributed by atoms with E-state index in [0.29, 0.717) is 12.3 Å². The fourth-order valence-electron chi connectivity index (χ4n) is 1.15. The van der Waals surface area contributed by atoms with E-state index < -0.39 is 7.37 Å². The van der Waals surface area contributed by atoms with Gasteiger partial charge in [0.25, 0.3) is 0 Å². The molecule has 1 fully saturated rings. The number of hydrogen-bond donors (Lipinski definition) is 2. The molecule has 2 unspecified atom stereocenters. The van der Waals surface area contributed by atoms with Crippen molar-refractivity contribution in [3.8, 4) is 0 Å². The third kappa shape index (κ3) is 2.09. The first-order valence-electron chi connectivity index (χ1n) is 3.16. The lowest BCUT2D eigenvalue weighted by Gasteiger charge is -2.22. The molecule has 54 valence electrons. The van der Waals surface area contributed by atoms with E-state index in [0.717, 1.165) is 12.8 Å². The summed E-state index contributed by atoms with van der Waals surface area (Å²) in [6.45, 7) is 0. The Hall–Kier alpha value is 0.150. The lowest BCUT2D eigenvalue weighted by atomic mass is 10.2. The molecule has 1 heterocycles. The van der Waals surface area contributed by atoms with Crippen molar-refractivity contribution in [2.45, 2.75) is 18.9 Å². The number of hydrogen-bond acceptors (Lipinski definition) is 2. The van der Waals surface area contributed by atoms with Gasteiger partial charge in [-0.3, -0.25) is 4.57 Å². The van der Waals surface area contributed by atoms with Gasteiger partial charge in [0.15, 0.2) is 0 Å². The number of rotatable bonds is 0. The maximum atomic E-state index is 10.9. The van der Waals surface area contributed by atoms with Crippen molar-refractivity contribution in [3.63, 3.8) is 0 Å². The second kappa shape index (κ2) is 2.41. The molecule has 0 saturated carbocycles. The van der Waals surface area contributed by atoms with E-state index in [-0.39, 0.29) is 6.04 Å². The highest BCUT2D eigenvalue weighted by Crippen LogP contribution is 2.45. The van der Waals surface area contributed by atoms with Gasteiger partial charge in [0.2, 0.25) is 7.37 Å². The average molecular weight is 149 g/mol. The van der Waals surface area contributed by atoms with Crippen molar-refractivity contribution in [2.24, 2.45) is 5.73 Å². The summed E-state index contributed by atoms with van der Waals surface area (Å²) in [5.41, 5.74) is 5.48. The lowest BCUT2D eigenvalue weighted by Crippen LogP contribution is -2.28. The molecule has 1 aliphatic heterocycles. The summed E-state index contributed by atoms with van der Waals surface area (Å²) in [5.74, 6) is 0. The Labute approximate surface area is 54.7 Å². The molecule has 0 bridgehead atoms. The third-order valence-corrected chi connectivity index (χ3v) is 3.66. The summed E-state index contributed by atoms with van der Waals surface area (Å²) in [7, 11) is -2.77. The van der Waals surface area contributed by atoms with Gasteiger partial charge in [-0.05, 0) is 12.8 Å². The molecule has 1 rings (SSSR count). The average Bonchev–Trinajstić information content (AvgIpc) is 1.60. The van der Waals surface area contributed by atoms with Crippen LogP contribution >= 0.6 is 7.37 Å². The van der Waals surface area contributed by atoms with Crippen LogP contribution in [0.25, 0.3) is 0 Å². The van der Waals surface area contributed by atoms with Crippen molar-refractivity contribution >= 4 is 7.37 Å². The van der Waals surface area contributed by atoms with E-state index in [9.17, 15) is 4.57 Å². The minimum absolute atomic E-state index is 0.0328. The summed E-state index contributed by atoms with van der Waals surface area (Å²) in [4.78, 5) is 9.02. The topological polar surface area (TPSA) is 63.3 Å². The normalized spacial score (nSPS) is 44.9. The molecule has 0 radical (unpaired) electrons. The van der Waals surface area contributed by atoms with Crippen LogP contribution in [-0.2, 0) is 4.57 Å². The van der Waals surface area contributed by atoms with E-state index in [2.05, 4.69) is 0 Å². The molecular weight excluding hydrogens is 137 g/mol. The minimum atomic E-state index is -2.77. The van der Waals surface area contributed by atoms with Crippen LogP contribution in [0.4, 0.5) is 0 Å². The molecule has 0 aliphatic carbocycles. The molecule has 4 heteroatoms. The largest absolute Gasteiger partial charge is 0.344 e. The second-order valence-corrected chi connectivity index (χ2v) is 5.16. The van der Waals surface area contributed by atoms with Gasteiger partial charge in [-0.1, -0.05) is 0 Å². The Kier molecular flexibility index (Phi) is 1.94. The zero-order chi connectivity index (χ0) is 6.91. The van der Waals surface area contributed by atoms with E-state index in [1.807, 2.05) is 0 Å². The molecule has 2 atom stereocenters. The van der Waals surface area contributed by atoms with Crippen LogP contribution in [0, 0.1) is 0 Å².